The van der Waals surface area contributed by atoms with Gasteiger partial charge in [0.25, 0.3) is 0 Å². The van der Waals surface area contributed by atoms with Crippen LogP contribution in [0.3, 0.4) is 0 Å². The van der Waals surface area contributed by atoms with E-state index in [0.717, 1.165) is 23.5 Å². The molecule has 3 aromatic heterocycles. The van der Waals surface area contributed by atoms with Gasteiger partial charge in [0.2, 0.25) is 0 Å². The van der Waals surface area contributed by atoms with Gasteiger partial charge < -0.3 is 4.40 Å². The van der Waals surface area contributed by atoms with Gasteiger partial charge in [-0.15, -0.1) is 0 Å². The van der Waals surface area contributed by atoms with Gasteiger partial charge in [-0.1, -0.05) is 6.07 Å². The Morgan fingerprint density at radius 1 is 1.22 bits per heavy atom. The molecule has 1 atom stereocenters. The van der Waals surface area contributed by atoms with Gasteiger partial charge in [-0.25, -0.2) is 9.97 Å². The highest BCUT2D eigenvalue weighted by Crippen LogP contribution is 2.28. The lowest BCUT2D eigenvalue weighted by Gasteiger charge is -2.06. The van der Waals surface area contributed by atoms with Crippen LogP contribution in [0.4, 0.5) is 13.2 Å². The van der Waals surface area contributed by atoms with Crippen LogP contribution in [0.5, 0.6) is 0 Å². The Kier molecular flexibility index (Phi) is 3.93. The van der Waals surface area contributed by atoms with Gasteiger partial charge in [0.05, 0.1) is 27.8 Å². The Morgan fingerprint density at radius 3 is 2.61 bits per heavy atom. The molecule has 0 aliphatic rings. The number of hydrogen-bond donors (Lipinski definition) is 0. The molecule has 0 spiro atoms. The van der Waals surface area contributed by atoms with Crippen molar-refractivity contribution in [3.05, 3.63) is 59.7 Å². The van der Waals surface area contributed by atoms with E-state index in [1.807, 2.05) is 29.5 Å². The van der Waals surface area contributed by atoms with Crippen LogP contribution in [0, 0.1) is 6.92 Å². The zero-order valence-corrected chi connectivity index (χ0v) is 12.9. The standard InChI is InChI=1S/C15H12F3N3OS/c1-10-3-2-4-13-20-12(8-21(10)13)9-23(22)14-6-5-11(7-19-14)15(16,17)18/h2-8H,9H2,1H3. The minimum absolute atomic E-state index is 0.0967. The summed E-state index contributed by atoms with van der Waals surface area (Å²) >= 11 is 0. The Hall–Kier alpha value is -2.22. The molecule has 0 aliphatic carbocycles. The number of pyridine rings is 2. The second-order valence-corrected chi connectivity index (χ2v) is 6.40. The Balaban J connectivity index is 1.81. The molecule has 0 bridgehead atoms. The molecule has 0 saturated heterocycles. The number of alkyl halides is 3. The third kappa shape index (κ3) is 3.26. The minimum Gasteiger partial charge on any atom is -0.304 e. The van der Waals surface area contributed by atoms with E-state index in [0.29, 0.717) is 11.9 Å². The van der Waals surface area contributed by atoms with Crippen LogP contribution in [0.2, 0.25) is 0 Å². The molecule has 0 aliphatic heterocycles. The van der Waals surface area contributed by atoms with Crippen molar-refractivity contribution in [2.24, 2.45) is 0 Å². The SMILES string of the molecule is Cc1cccc2nc(CS(=O)c3ccc(C(F)(F)F)cn3)cn12. The van der Waals surface area contributed by atoms with Crippen molar-refractivity contribution in [2.45, 2.75) is 23.9 Å². The first-order valence-electron chi connectivity index (χ1n) is 6.70. The van der Waals surface area contributed by atoms with Gasteiger partial charge in [0.1, 0.15) is 10.7 Å². The van der Waals surface area contributed by atoms with Crippen LogP contribution in [-0.2, 0) is 22.7 Å². The Bertz CT molecular complexity index is 872. The first kappa shape index (κ1) is 15.7. The lowest BCUT2D eigenvalue weighted by Crippen LogP contribution is -2.07. The van der Waals surface area contributed by atoms with Crippen molar-refractivity contribution < 1.29 is 17.4 Å². The fraction of sp³-hybridized carbons (Fsp3) is 0.200. The molecule has 0 amide bonds. The summed E-state index contributed by atoms with van der Waals surface area (Å²) in [6, 6.07) is 7.65. The van der Waals surface area contributed by atoms with Crippen molar-refractivity contribution >= 4 is 16.4 Å². The molecule has 120 valence electrons. The zero-order valence-electron chi connectivity index (χ0n) is 12.0. The predicted octanol–water partition coefficient (Wildman–Crippen LogP) is 3.36. The molecule has 23 heavy (non-hydrogen) atoms. The number of halogens is 3. The lowest BCUT2D eigenvalue weighted by atomic mass is 10.3. The smallest absolute Gasteiger partial charge is 0.304 e. The normalized spacial score (nSPS) is 13.4. The molecule has 0 radical (unpaired) electrons. The predicted molar refractivity (Wildman–Crippen MR) is 79.3 cm³/mol. The highest BCUT2D eigenvalue weighted by atomic mass is 32.2. The second-order valence-electron chi connectivity index (χ2n) is 5.00. The molecule has 4 nitrogen and oxygen atoms in total. The largest absolute Gasteiger partial charge is 0.417 e. The summed E-state index contributed by atoms with van der Waals surface area (Å²) in [7, 11) is -1.56. The van der Waals surface area contributed by atoms with Gasteiger partial charge in [-0.2, -0.15) is 13.2 Å². The van der Waals surface area contributed by atoms with E-state index in [-0.39, 0.29) is 10.8 Å². The molecule has 1 unspecified atom stereocenters. The monoisotopic (exact) mass is 339 g/mol. The van der Waals surface area contributed by atoms with E-state index in [1.54, 1.807) is 6.20 Å². The quantitative estimate of drug-likeness (QED) is 0.735. The van der Waals surface area contributed by atoms with Crippen molar-refractivity contribution in [1.29, 1.82) is 0 Å². The second kappa shape index (κ2) is 5.77. The maximum Gasteiger partial charge on any atom is 0.417 e. The van der Waals surface area contributed by atoms with Gasteiger partial charge in [0, 0.05) is 18.1 Å². The van der Waals surface area contributed by atoms with Crippen molar-refractivity contribution in [2.75, 3.05) is 0 Å². The number of nitrogens with zero attached hydrogens (tertiary/aromatic N) is 3. The number of aryl methyl sites for hydroxylation is 1. The number of fused-ring (bicyclic) bond motifs is 1. The van der Waals surface area contributed by atoms with Crippen LogP contribution >= 0.6 is 0 Å². The summed E-state index contributed by atoms with van der Waals surface area (Å²) in [5.74, 6) is 0.0967. The van der Waals surface area contributed by atoms with Gasteiger partial charge >= 0.3 is 6.18 Å². The first-order chi connectivity index (χ1) is 10.8. The zero-order chi connectivity index (χ0) is 16.6. The van der Waals surface area contributed by atoms with E-state index < -0.39 is 22.5 Å². The average Bonchev–Trinajstić information content (AvgIpc) is 2.90. The fourth-order valence-electron chi connectivity index (χ4n) is 2.16. The Morgan fingerprint density at radius 2 is 2.00 bits per heavy atom. The van der Waals surface area contributed by atoms with E-state index >= 15 is 0 Å². The molecular formula is C15H12F3N3OS. The maximum absolute atomic E-state index is 12.5. The highest BCUT2D eigenvalue weighted by Gasteiger charge is 2.30. The van der Waals surface area contributed by atoms with E-state index in [2.05, 4.69) is 9.97 Å². The summed E-state index contributed by atoms with van der Waals surface area (Å²) in [4.78, 5) is 8.02. The van der Waals surface area contributed by atoms with Crippen LogP contribution in [-0.4, -0.2) is 18.6 Å². The van der Waals surface area contributed by atoms with E-state index in [4.69, 9.17) is 0 Å². The molecule has 3 aromatic rings. The molecule has 0 fully saturated rings. The van der Waals surface area contributed by atoms with Crippen LogP contribution in [0.25, 0.3) is 5.65 Å². The number of hydrogen-bond acceptors (Lipinski definition) is 3. The summed E-state index contributed by atoms with van der Waals surface area (Å²) in [6.07, 6.45) is -1.99. The summed E-state index contributed by atoms with van der Waals surface area (Å²) < 4.78 is 51.6. The number of imidazole rings is 1. The van der Waals surface area contributed by atoms with Crippen molar-refractivity contribution in [3.63, 3.8) is 0 Å². The Labute approximate surface area is 132 Å². The van der Waals surface area contributed by atoms with E-state index in [9.17, 15) is 17.4 Å². The topological polar surface area (TPSA) is 47.3 Å². The molecule has 0 saturated carbocycles. The molecular weight excluding hydrogens is 327 g/mol. The van der Waals surface area contributed by atoms with Crippen LogP contribution < -0.4 is 0 Å². The third-order valence-electron chi connectivity index (χ3n) is 3.32. The highest BCUT2D eigenvalue weighted by molar-refractivity contribution is 7.84. The first-order valence-corrected chi connectivity index (χ1v) is 8.02. The molecule has 3 rings (SSSR count). The van der Waals surface area contributed by atoms with Crippen LogP contribution in [0.15, 0.2) is 47.8 Å². The summed E-state index contributed by atoms with van der Waals surface area (Å²) in [6.45, 7) is 1.92. The van der Waals surface area contributed by atoms with Gasteiger partial charge in [-0.05, 0) is 31.2 Å². The molecule has 8 heteroatoms. The molecule has 0 N–H and O–H groups in total. The minimum atomic E-state index is -4.45. The summed E-state index contributed by atoms with van der Waals surface area (Å²) in [5, 5.41) is 0.103. The van der Waals surface area contributed by atoms with E-state index in [1.165, 1.54) is 0 Å². The van der Waals surface area contributed by atoms with Gasteiger partial charge in [0.15, 0.2) is 0 Å². The fourth-order valence-corrected chi connectivity index (χ4v) is 3.10. The van der Waals surface area contributed by atoms with Crippen molar-refractivity contribution in [3.8, 4) is 0 Å². The molecule has 0 aromatic carbocycles. The summed E-state index contributed by atoms with van der Waals surface area (Å²) in [5.41, 5.74) is 1.46. The number of aromatic nitrogens is 3. The third-order valence-corrected chi connectivity index (χ3v) is 4.59. The molecule has 3 heterocycles. The number of rotatable bonds is 3. The maximum atomic E-state index is 12.5. The van der Waals surface area contributed by atoms with Crippen LogP contribution in [0.1, 0.15) is 17.0 Å². The average molecular weight is 339 g/mol. The lowest BCUT2D eigenvalue weighted by molar-refractivity contribution is -0.137. The van der Waals surface area contributed by atoms with Crippen molar-refractivity contribution in [1.82, 2.24) is 14.4 Å². The van der Waals surface area contributed by atoms with Gasteiger partial charge in [-0.3, -0.25) is 4.21 Å².